The fraction of sp³-hybridized carbons (Fsp3) is 0.706. The Labute approximate surface area is 148 Å². The molecule has 1 N–H and O–H groups in total. The average molecular weight is 364 g/mol. The Bertz CT molecular complexity index is 735. The molecule has 7 heteroatoms. The average Bonchev–Trinajstić information content (AvgIpc) is 2.81. The highest BCUT2D eigenvalue weighted by atomic mass is 28.3. The number of nitrogens with zero attached hydrogens (tertiary/aromatic N) is 4. The van der Waals surface area contributed by atoms with Crippen LogP contribution in [0.5, 0.6) is 0 Å². The highest BCUT2D eigenvalue weighted by Gasteiger charge is 2.40. The van der Waals surface area contributed by atoms with E-state index in [0.717, 1.165) is 17.0 Å². The Hall–Kier alpha value is -1.22. The smallest absolute Gasteiger partial charge is 0.165 e. The minimum Gasteiger partial charge on any atom is -0.393 e. The van der Waals surface area contributed by atoms with E-state index in [9.17, 15) is 0 Å². The van der Waals surface area contributed by atoms with E-state index in [1.54, 1.807) is 6.33 Å². The van der Waals surface area contributed by atoms with Crippen LogP contribution in [-0.2, 0) is 0 Å². The highest BCUT2D eigenvalue weighted by molar-refractivity contribution is 6.83. The maximum Gasteiger partial charge on any atom is 0.165 e. The third-order valence-electron chi connectivity index (χ3n) is 6.08. The number of imidazole rings is 1. The van der Waals surface area contributed by atoms with E-state index < -0.39 is 16.5 Å². The molecule has 24 heavy (non-hydrogen) atoms. The third-order valence-corrected chi connectivity index (χ3v) is 15.9. The molecule has 2 aromatic rings. The molecule has 0 radical (unpaired) electrons. The van der Waals surface area contributed by atoms with Crippen LogP contribution >= 0.6 is 0 Å². The van der Waals surface area contributed by atoms with Crippen LogP contribution in [0.3, 0.4) is 0 Å². The van der Waals surface area contributed by atoms with Gasteiger partial charge in [-0.3, -0.25) is 0 Å². The van der Waals surface area contributed by atoms with Crippen molar-refractivity contribution in [2.45, 2.75) is 77.8 Å². The monoisotopic (exact) mass is 363 g/mol. The second-order valence-electron chi connectivity index (χ2n) is 9.82. The lowest BCUT2D eigenvalue weighted by Gasteiger charge is -2.38. The normalized spacial score (nSPS) is 14.2. The highest BCUT2D eigenvalue weighted by Crippen LogP contribution is 2.39. The van der Waals surface area contributed by atoms with E-state index >= 15 is 0 Å². The van der Waals surface area contributed by atoms with Gasteiger partial charge in [0.1, 0.15) is 17.7 Å². The Morgan fingerprint density at radius 2 is 1.46 bits per heavy atom. The Morgan fingerprint density at radius 3 is 1.96 bits per heavy atom. The minimum absolute atomic E-state index is 0.221. The second kappa shape index (κ2) is 5.66. The predicted molar refractivity (Wildman–Crippen MR) is 109 cm³/mol. The summed E-state index contributed by atoms with van der Waals surface area (Å²) < 4.78 is 2.32. The fourth-order valence-corrected chi connectivity index (χ4v) is 5.09. The van der Waals surface area contributed by atoms with Gasteiger partial charge in [-0.25, -0.2) is 15.0 Å². The van der Waals surface area contributed by atoms with Crippen LogP contribution in [0, 0.1) is 0 Å². The van der Waals surface area contributed by atoms with Crippen LogP contribution < -0.4 is 4.98 Å². The van der Waals surface area contributed by atoms with Crippen LogP contribution in [0.25, 0.3) is 11.2 Å². The van der Waals surface area contributed by atoms with Crippen molar-refractivity contribution in [3.05, 3.63) is 12.7 Å². The predicted octanol–water partition coefficient (Wildman–Crippen LogP) is 5.10. The standard InChI is InChI=1S/C17H33N5Si2/c1-16(2,3)23(7,8)21-14-13-15(19-11-18-14)22(12-20-13)24(9,10)17(4,5)6/h11-12H,1-10H3,(H,18,19,21). The van der Waals surface area contributed by atoms with Gasteiger partial charge in [0.15, 0.2) is 22.1 Å². The topological polar surface area (TPSA) is 55.6 Å². The molecule has 2 aromatic heterocycles. The molecule has 0 aliphatic heterocycles. The zero-order valence-electron chi connectivity index (χ0n) is 16.9. The quantitative estimate of drug-likeness (QED) is 0.771. The van der Waals surface area contributed by atoms with Gasteiger partial charge in [0, 0.05) is 0 Å². The maximum atomic E-state index is 4.70. The molecule has 0 spiro atoms. The largest absolute Gasteiger partial charge is 0.393 e. The summed E-state index contributed by atoms with van der Waals surface area (Å²) >= 11 is 0. The van der Waals surface area contributed by atoms with E-state index in [-0.39, 0.29) is 10.1 Å². The van der Waals surface area contributed by atoms with Crippen LogP contribution in [0.2, 0.25) is 36.3 Å². The first-order valence-electron chi connectivity index (χ1n) is 8.65. The molecule has 0 aromatic carbocycles. The lowest BCUT2D eigenvalue weighted by atomic mass is 10.2. The number of fused-ring (bicyclic) bond motifs is 1. The Kier molecular flexibility index (Phi) is 4.51. The molecule has 0 fully saturated rings. The first kappa shape index (κ1) is 19.1. The number of rotatable bonds is 3. The van der Waals surface area contributed by atoms with Gasteiger partial charge in [-0.15, -0.1) is 0 Å². The van der Waals surface area contributed by atoms with Crippen molar-refractivity contribution in [1.82, 2.24) is 19.2 Å². The summed E-state index contributed by atoms with van der Waals surface area (Å²) in [5, 5.41) is 0.449. The number of aromatic nitrogens is 4. The van der Waals surface area contributed by atoms with Gasteiger partial charge in [0.05, 0.1) is 6.33 Å². The van der Waals surface area contributed by atoms with Crippen LogP contribution in [0.15, 0.2) is 12.7 Å². The zero-order valence-corrected chi connectivity index (χ0v) is 18.9. The van der Waals surface area contributed by atoms with Crippen molar-refractivity contribution < 1.29 is 0 Å². The minimum atomic E-state index is -1.76. The molecule has 0 saturated heterocycles. The fourth-order valence-electron chi connectivity index (χ4n) is 2.18. The van der Waals surface area contributed by atoms with Gasteiger partial charge < -0.3 is 9.22 Å². The third kappa shape index (κ3) is 3.15. The maximum absolute atomic E-state index is 4.70. The molecule has 0 aliphatic carbocycles. The molecule has 2 rings (SSSR count). The first-order chi connectivity index (χ1) is 10.7. The lowest BCUT2D eigenvalue weighted by molar-refractivity contribution is 0.701. The molecular weight excluding hydrogens is 330 g/mol. The van der Waals surface area contributed by atoms with Crippen molar-refractivity contribution in [3.8, 4) is 0 Å². The van der Waals surface area contributed by atoms with Crippen molar-refractivity contribution >= 4 is 33.5 Å². The molecule has 0 saturated carbocycles. The molecule has 5 nitrogen and oxygen atoms in total. The molecule has 0 bridgehead atoms. The summed E-state index contributed by atoms with van der Waals surface area (Å²) in [5.41, 5.74) is 1.85. The van der Waals surface area contributed by atoms with Crippen molar-refractivity contribution in [2.75, 3.05) is 4.98 Å². The second-order valence-corrected chi connectivity index (χ2v) is 19.9. The molecular formula is C17H33N5Si2. The summed E-state index contributed by atoms with van der Waals surface area (Å²) in [4.78, 5) is 17.5. The molecule has 0 unspecified atom stereocenters. The van der Waals surface area contributed by atoms with Crippen molar-refractivity contribution in [3.63, 3.8) is 0 Å². The van der Waals surface area contributed by atoms with Gasteiger partial charge in [-0.1, -0.05) is 67.7 Å². The van der Waals surface area contributed by atoms with E-state index in [1.165, 1.54) is 0 Å². The van der Waals surface area contributed by atoms with E-state index in [2.05, 4.69) is 86.9 Å². The van der Waals surface area contributed by atoms with E-state index in [4.69, 9.17) is 4.98 Å². The van der Waals surface area contributed by atoms with Crippen LogP contribution in [0.1, 0.15) is 41.5 Å². The molecule has 0 atom stereocenters. The summed E-state index contributed by atoms with van der Waals surface area (Å²) in [6.07, 6.45) is 3.64. The Balaban J connectivity index is 2.55. The van der Waals surface area contributed by atoms with Gasteiger partial charge in [-0.05, 0) is 10.1 Å². The molecule has 2 heterocycles. The molecule has 0 aliphatic rings. The lowest BCUT2D eigenvalue weighted by Crippen LogP contribution is -2.46. The summed E-state index contributed by atoms with van der Waals surface area (Å²) in [7, 11) is -3.48. The molecule has 134 valence electrons. The van der Waals surface area contributed by atoms with Gasteiger partial charge in [0.2, 0.25) is 0 Å². The van der Waals surface area contributed by atoms with Gasteiger partial charge in [0.25, 0.3) is 0 Å². The number of hydrogen-bond acceptors (Lipinski definition) is 4. The van der Waals surface area contributed by atoms with Gasteiger partial charge in [-0.2, -0.15) is 0 Å². The van der Waals surface area contributed by atoms with Crippen LogP contribution in [-0.4, -0.2) is 35.7 Å². The van der Waals surface area contributed by atoms with Crippen LogP contribution in [0.4, 0.5) is 5.82 Å². The first-order valence-corrected chi connectivity index (χ1v) is 14.6. The van der Waals surface area contributed by atoms with E-state index in [1.807, 2.05) is 6.33 Å². The number of hydrogen-bond donors (Lipinski definition) is 1. The van der Waals surface area contributed by atoms with Crippen molar-refractivity contribution in [2.24, 2.45) is 0 Å². The molecule has 0 amide bonds. The SMILES string of the molecule is CC(C)(C)[Si](C)(C)Nc1ncnc2c1ncn2[Si](C)(C)C(C)(C)C. The van der Waals surface area contributed by atoms with E-state index in [0.29, 0.717) is 0 Å². The Morgan fingerprint density at radius 1 is 0.875 bits per heavy atom. The summed E-state index contributed by atoms with van der Waals surface area (Å²) in [5.74, 6) is 0.879. The summed E-state index contributed by atoms with van der Waals surface area (Å²) in [6, 6.07) is 0. The number of anilines is 1. The summed E-state index contributed by atoms with van der Waals surface area (Å²) in [6.45, 7) is 23.2. The number of nitrogens with one attached hydrogen (secondary N) is 1. The van der Waals surface area contributed by atoms with Crippen molar-refractivity contribution in [1.29, 1.82) is 0 Å². The van der Waals surface area contributed by atoms with Gasteiger partial charge >= 0.3 is 0 Å². The zero-order chi connectivity index (χ0) is 18.6.